The summed E-state index contributed by atoms with van der Waals surface area (Å²) >= 11 is 0. The Morgan fingerprint density at radius 2 is 1.30 bits per heavy atom. The number of phenols is 4. The maximum Gasteiger partial charge on any atom is 0.157 e. The smallest absolute Gasteiger partial charge is 0.157 e. The van der Waals surface area contributed by atoms with Crippen molar-refractivity contribution < 1.29 is 25.6 Å². The SMILES string of the molecule is [O-][NH+](CCc1ccc(O)c(O)c1)NCCc1ccc(O)c(O)c1. The predicted octanol–water partition coefficient (Wildman–Crippen LogP) is 0.182. The summed E-state index contributed by atoms with van der Waals surface area (Å²) in [7, 11) is 0. The summed E-state index contributed by atoms with van der Waals surface area (Å²) in [5.41, 5.74) is 4.34. The first-order valence-corrected chi connectivity index (χ1v) is 7.24. The van der Waals surface area contributed by atoms with E-state index in [4.69, 9.17) is 0 Å². The fourth-order valence-corrected chi connectivity index (χ4v) is 2.14. The molecule has 124 valence electrons. The van der Waals surface area contributed by atoms with Gasteiger partial charge in [-0.05, 0) is 41.8 Å². The molecule has 0 aliphatic carbocycles. The molecular formula is C16H20N2O5. The van der Waals surface area contributed by atoms with Crippen LogP contribution in [0.4, 0.5) is 0 Å². The highest BCUT2D eigenvalue weighted by molar-refractivity contribution is 5.41. The second-order valence-corrected chi connectivity index (χ2v) is 5.25. The Hall–Kier alpha value is -2.48. The van der Waals surface area contributed by atoms with Crippen LogP contribution in [0.2, 0.25) is 0 Å². The molecule has 1 unspecified atom stereocenters. The van der Waals surface area contributed by atoms with E-state index in [1.54, 1.807) is 12.1 Å². The van der Waals surface area contributed by atoms with Crippen LogP contribution in [-0.2, 0) is 12.8 Å². The van der Waals surface area contributed by atoms with Gasteiger partial charge in [0.15, 0.2) is 23.0 Å². The summed E-state index contributed by atoms with van der Waals surface area (Å²) in [5, 5.41) is 48.9. The lowest BCUT2D eigenvalue weighted by Crippen LogP contribution is -3.14. The molecule has 0 saturated heterocycles. The first-order valence-electron chi connectivity index (χ1n) is 7.24. The Labute approximate surface area is 133 Å². The number of hydroxylamine groups is 1. The molecule has 6 N–H and O–H groups in total. The highest BCUT2D eigenvalue weighted by Crippen LogP contribution is 2.25. The summed E-state index contributed by atoms with van der Waals surface area (Å²) in [5.74, 6) is -0.735. The van der Waals surface area contributed by atoms with Gasteiger partial charge in [-0.15, -0.1) is 0 Å². The van der Waals surface area contributed by atoms with Crippen molar-refractivity contribution in [2.75, 3.05) is 13.1 Å². The molecule has 0 radical (unpaired) electrons. The average Bonchev–Trinajstić information content (AvgIpc) is 2.52. The Balaban J connectivity index is 1.73. The second-order valence-electron chi connectivity index (χ2n) is 5.25. The van der Waals surface area contributed by atoms with E-state index in [2.05, 4.69) is 5.43 Å². The highest BCUT2D eigenvalue weighted by Gasteiger charge is 2.04. The zero-order valence-electron chi connectivity index (χ0n) is 12.5. The van der Waals surface area contributed by atoms with Crippen LogP contribution in [0.5, 0.6) is 23.0 Å². The molecule has 0 aromatic heterocycles. The highest BCUT2D eigenvalue weighted by atomic mass is 16.5. The van der Waals surface area contributed by atoms with E-state index in [9.17, 15) is 25.6 Å². The van der Waals surface area contributed by atoms with Gasteiger partial charge in [-0.1, -0.05) is 12.1 Å². The quantitative estimate of drug-likeness (QED) is 0.320. The number of aromatic hydroxyl groups is 4. The molecule has 2 rings (SSSR count). The molecule has 2 aromatic carbocycles. The van der Waals surface area contributed by atoms with Crippen LogP contribution in [0.25, 0.3) is 0 Å². The number of benzene rings is 2. The minimum Gasteiger partial charge on any atom is -0.613 e. The van der Waals surface area contributed by atoms with Crippen molar-refractivity contribution in [1.29, 1.82) is 0 Å². The van der Waals surface area contributed by atoms with Gasteiger partial charge in [0.1, 0.15) is 0 Å². The largest absolute Gasteiger partial charge is 0.613 e. The maximum absolute atomic E-state index is 11.8. The molecule has 0 aliphatic rings. The van der Waals surface area contributed by atoms with Gasteiger partial charge in [0.2, 0.25) is 0 Å². The van der Waals surface area contributed by atoms with Crippen molar-refractivity contribution in [2.45, 2.75) is 12.8 Å². The van der Waals surface area contributed by atoms with E-state index in [0.717, 1.165) is 11.1 Å². The number of hydrogen-bond acceptors (Lipinski definition) is 6. The number of hydrogen-bond donors (Lipinski definition) is 6. The van der Waals surface area contributed by atoms with Crippen LogP contribution in [0.1, 0.15) is 11.1 Å². The van der Waals surface area contributed by atoms with E-state index < -0.39 is 0 Å². The van der Waals surface area contributed by atoms with Crippen molar-refractivity contribution in [2.24, 2.45) is 0 Å². The predicted molar refractivity (Wildman–Crippen MR) is 84.2 cm³/mol. The summed E-state index contributed by atoms with van der Waals surface area (Å²) in [6, 6.07) is 9.02. The Morgan fingerprint density at radius 1 is 0.783 bits per heavy atom. The topological polar surface area (TPSA) is 120 Å². The first-order chi connectivity index (χ1) is 11.0. The van der Waals surface area contributed by atoms with E-state index in [-0.39, 0.29) is 34.7 Å². The average molecular weight is 320 g/mol. The third kappa shape index (κ3) is 5.03. The zero-order chi connectivity index (χ0) is 16.8. The van der Waals surface area contributed by atoms with E-state index >= 15 is 0 Å². The van der Waals surface area contributed by atoms with Crippen LogP contribution in [-0.4, -0.2) is 33.5 Å². The molecule has 2 aromatic rings. The van der Waals surface area contributed by atoms with Crippen molar-refractivity contribution in [3.63, 3.8) is 0 Å². The summed E-state index contributed by atoms with van der Waals surface area (Å²) in [6.07, 6.45) is 0.999. The molecule has 0 aliphatic heterocycles. The second kappa shape index (κ2) is 7.68. The molecule has 7 heteroatoms. The molecule has 0 spiro atoms. The number of rotatable bonds is 7. The third-order valence-electron chi connectivity index (χ3n) is 3.46. The molecule has 23 heavy (non-hydrogen) atoms. The first kappa shape index (κ1) is 16.9. The minimum atomic E-state index is -0.199. The van der Waals surface area contributed by atoms with Crippen molar-refractivity contribution >= 4 is 0 Å². The lowest BCUT2D eigenvalue weighted by atomic mass is 10.1. The van der Waals surface area contributed by atoms with Crippen molar-refractivity contribution in [1.82, 2.24) is 5.43 Å². The Morgan fingerprint density at radius 3 is 1.83 bits per heavy atom. The van der Waals surface area contributed by atoms with Gasteiger partial charge < -0.3 is 25.6 Å². The van der Waals surface area contributed by atoms with Gasteiger partial charge in [-0.3, -0.25) is 5.17 Å². The van der Waals surface area contributed by atoms with Crippen molar-refractivity contribution in [3.8, 4) is 23.0 Å². The van der Waals surface area contributed by atoms with Crippen LogP contribution in [0.3, 0.4) is 0 Å². The molecule has 0 saturated carbocycles. The van der Waals surface area contributed by atoms with E-state index in [0.29, 0.717) is 19.4 Å². The normalized spacial score (nSPS) is 12.2. The molecule has 0 heterocycles. The lowest BCUT2D eigenvalue weighted by Gasteiger charge is -2.22. The Kier molecular flexibility index (Phi) is 5.64. The summed E-state index contributed by atoms with van der Waals surface area (Å²) in [6.45, 7) is 0.689. The van der Waals surface area contributed by atoms with Crippen LogP contribution >= 0.6 is 0 Å². The molecule has 0 bridgehead atoms. The van der Waals surface area contributed by atoms with Gasteiger partial charge in [0.25, 0.3) is 0 Å². The van der Waals surface area contributed by atoms with Crippen LogP contribution < -0.4 is 10.6 Å². The maximum atomic E-state index is 11.8. The molecule has 1 atom stereocenters. The van der Waals surface area contributed by atoms with E-state index in [1.165, 1.54) is 24.3 Å². The fourth-order valence-electron chi connectivity index (χ4n) is 2.14. The van der Waals surface area contributed by atoms with Crippen molar-refractivity contribution in [3.05, 3.63) is 52.7 Å². The number of phenolic OH excluding ortho intramolecular Hbond substituents is 4. The van der Waals surface area contributed by atoms with Gasteiger partial charge in [0, 0.05) is 13.0 Å². The van der Waals surface area contributed by atoms with Crippen LogP contribution in [0, 0.1) is 5.21 Å². The summed E-state index contributed by atoms with van der Waals surface area (Å²) < 4.78 is 0. The monoisotopic (exact) mass is 320 g/mol. The molecule has 0 amide bonds. The standard InChI is InChI=1S/C16H20N2O5/c19-13-3-1-11(9-15(13)21)5-7-17-18(23)8-6-12-2-4-14(20)16(22)10-12/h1-4,9-10,17-22H,5-8H2. The summed E-state index contributed by atoms with van der Waals surface area (Å²) in [4.78, 5) is 0. The molecular weight excluding hydrogens is 300 g/mol. The lowest BCUT2D eigenvalue weighted by molar-refractivity contribution is -0.895. The van der Waals surface area contributed by atoms with E-state index in [1.807, 2.05) is 0 Å². The van der Waals surface area contributed by atoms with Gasteiger partial charge in [-0.25, -0.2) is 0 Å². The van der Waals surface area contributed by atoms with Gasteiger partial charge in [-0.2, -0.15) is 5.43 Å². The zero-order valence-corrected chi connectivity index (χ0v) is 12.5. The third-order valence-corrected chi connectivity index (χ3v) is 3.46. The fraction of sp³-hybridized carbons (Fsp3) is 0.250. The minimum absolute atomic E-state index is 0.124. The molecule has 7 nitrogen and oxygen atoms in total. The van der Waals surface area contributed by atoms with Gasteiger partial charge >= 0.3 is 0 Å². The Bertz CT molecular complexity index is 663. The van der Waals surface area contributed by atoms with Gasteiger partial charge in [0.05, 0.1) is 6.54 Å². The number of nitrogens with one attached hydrogen (secondary N) is 2. The van der Waals surface area contributed by atoms with Crippen LogP contribution in [0.15, 0.2) is 36.4 Å². The number of quaternary nitrogens is 1. The molecule has 0 fully saturated rings.